The lowest BCUT2D eigenvalue weighted by atomic mass is 10.1. The van der Waals surface area contributed by atoms with Crippen LogP contribution in [-0.4, -0.2) is 52.3 Å². The van der Waals surface area contributed by atoms with Gasteiger partial charge in [-0.1, -0.05) is 58.0 Å². The third kappa shape index (κ3) is 4.57. The van der Waals surface area contributed by atoms with Gasteiger partial charge in [-0.15, -0.1) is 0 Å². The van der Waals surface area contributed by atoms with Gasteiger partial charge in [-0.05, 0) is 30.1 Å². The van der Waals surface area contributed by atoms with Crippen LogP contribution in [0.25, 0.3) is 11.2 Å². The van der Waals surface area contributed by atoms with Gasteiger partial charge in [0.1, 0.15) is 24.0 Å². The fourth-order valence-electron chi connectivity index (χ4n) is 3.87. The van der Waals surface area contributed by atoms with Crippen molar-refractivity contribution >= 4 is 31.5 Å². The molecule has 1 aromatic carbocycles. The van der Waals surface area contributed by atoms with Crippen molar-refractivity contribution in [2.75, 3.05) is 5.73 Å². The lowest BCUT2D eigenvalue weighted by molar-refractivity contribution is -0.0321. The molecule has 9 heteroatoms. The van der Waals surface area contributed by atoms with Crippen molar-refractivity contribution < 1.29 is 9.16 Å². The fraction of sp³-hybridized carbons (Fsp3) is 0.500. The average Bonchev–Trinajstić information content (AvgIpc) is 3.34. The highest BCUT2D eigenvalue weighted by molar-refractivity contribution is 6.74. The SMILES string of the molecule is CC[C@H]1O[C@@H](n2cnc3c(N)ncnc32)[C@H](O[Si](C)(C)C(C)(C)C)[C@@H]1N=Cc1ccccc1. The molecular weight excluding hydrogens is 432 g/mol. The van der Waals surface area contributed by atoms with E-state index >= 15 is 0 Å². The summed E-state index contributed by atoms with van der Waals surface area (Å²) in [6.45, 7) is 13.4. The summed E-state index contributed by atoms with van der Waals surface area (Å²) in [5.74, 6) is 0.351. The predicted molar refractivity (Wildman–Crippen MR) is 134 cm³/mol. The van der Waals surface area contributed by atoms with E-state index in [0.717, 1.165) is 12.0 Å². The summed E-state index contributed by atoms with van der Waals surface area (Å²) in [5.41, 5.74) is 8.29. The van der Waals surface area contributed by atoms with Gasteiger partial charge in [-0.25, -0.2) is 15.0 Å². The van der Waals surface area contributed by atoms with Gasteiger partial charge < -0.3 is 14.9 Å². The van der Waals surface area contributed by atoms with E-state index in [-0.39, 0.29) is 23.3 Å². The first kappa shape index (κ1) is 23.5. The lowest BCUT2D eigenvalue weighted by Crippen LogP contribution is -2.48. The zero-order valence-electron chi connectivity index (χ0n) is 20.3. The summed E-state index contributed by atoms with van der Waals surface area (Å²) in [5, 5.41) is 0.0408. The van der Waals surface area contributed by atoms with Gasteiger partial charge in [0, 0.05) is 6.21 Å². The zero-order chi connectivity index (χ0) is 23.8. The van der Waals surface area contributed by atoms with Crippen molar-refractivity contribution in [3.05, 3.63) is 48.5 Å². The maximum Gasteiger partial charge on any atom is 0.192 e. The van der Waals surface area contributed by atoms with Crippen LogP contribution >= 0.6 is 0 Å². The second-order valence-electron chi connectivity index (χ2n) is 10.1. The van der Waals surface area contributed by atoms with Crippen LogP contribution in [0.3, 0.4) is 0 Å². The summed E-state index contributed by atoms with van der Waals surface area (Å²) in [6, 6.07) is 9.96. The van der Waals surface area contributed by atoms with E-state index in [1.165, 1.54) is 6.33 Å². The topological polar surface area (TPSA) is 100 Å². The number of hydrogen-bond donors (Lipinski definition) is 1. The Balaban J connectivity index is 1.77. The van der Waals surface area contributed by atoms with Crippen LogP contribution in [-0.2, 0) is 9.16 Å². The Labute approximate surface area is 196 Å². The number of anilines is 1. The molecule has 176 valence electrons. The number of imidazole rings is 1. The molecule has 8 nitrogen and oxygen atoms in total. The van der Waals surface area contributed by atoms with E-state index in [0.29, 0.717) is 17.0 Å². The highest BCUT2D eigenvalue weighted by atomic mass is 28.4. The molecule has 1 saturated heterocycles. The molecule has 3 aromatic rings. The zero-order valence-corrected chi connectivity index (χ0v) is 21.3. The largest absolute Gasteiger partial charge is 0.407 e. The number of nitrogen functional groups attached to an aromatic ring is 1. The number of aromatic nitrogens is 4. The number of rotatable bonds is 6. The van der Waals surface area contributed by atoms with Gasteiger partial charge in [-0.3, -0.25) is 9.56 Å². The minimum absolute atomic E-state index is 0.0408. The molecular formula is C24H34N6O2Si. The Morgan fingerprint density at radius 3 is 2.58 bits per heavy atom. The number of hydrogen-bond acceptors (Lipinski definition) is 7. The van der Waals surface area contributed by atoms with Gasteiger partial charge in [0.25, 0.3) is 0 Å². The van der Waals surface area contributed by atoms with Crippen molar-refractivity contribution in [2.45, 2.75) is 76.7 Å². The predicted octanol–water partition coefficient (Wildman–Crippen LogP) is 4.59. The van der Waals surface area contributed by atoms with E-state index < -0.39 is 14.5 Å². The van der Waals surface area contributed by atoms with Gasteiger partial charge in [0.2, 0.25) is 0 Å². The van der Waals surface area contributed by atoms with Crippen LogP contribution in [0.2, 0.25) is 18.1 Å². The molecule has 2 aromatic heterocycles. The molecule has 0 radical (unpaired) electrons. The average molecular weight is 467 g/mol. The normalized spacial score (nSPS) is 24.2. The second-order valence-corrected chi connectivity index (χ2v) is 14.8. The highest BCUT2D eigenvalue weighted by Crippen LogP contribution is 2.43. The third-order valence-corrected chi connectivity index (χ3v) is 11.3. The van der Waals surface area contributed by atoms with Crippen molar-refractivity contribution in [1.29, 1.82) is 0 Å². The van der Waals surface area contributed by atoms with E-state index in [2.05, 4.69) is 55.7 Å². The number of ether oxygens (including phenoxy) is 1. The summed E-state index contributed by atoms with van der Waals surface area (Å²) in [4.78, 5) is 18.0. The molecule has 4 atom stereocenters. The number of benzene rings is 1. The highest BCUT2D eigenvalue weighted by Gasteiger charge is 2.50. The Kier molecular flexibility index (Phi) is 6.39. The van der Waals surface area contributed by atoms with Crippen LogP contribution < -0.4 is 5.73 Å². The van der Waals surface area contributed by atoms with Crippen LogP contribution in [0.15, 0.2) is 48.0 Å². The minimum atomic E-state index is -2.14. The summed E-state index contributed by atoms with van der Waals surface area (Å²) in [7, 11) is -2.14. The van der Waals surface area contributed by atoms with Crippen LogP contribution in [0.1, 0.15) is 45.9 Å². The molecule has 4 rings (SSSR count). The van der Waals surface area contributed by atoms with Crippen LogP contribution in [0, 0.1) is 0 Å². The maximum absolute atomic E-state index is 6.99. The molecule has 0 aliphatic carbocycles. The lowest BCUT2D eigenvalue weighted by Gasteiger charge is -2.40. The fourth-order valence-corrected chi connectivity index (χ4v) is 5.16. The first-order chi connectivity index (χ1) is 15.6. The van der Waals surface area contributed by atoms with Crippen molar-refractivity contribution in [2.24, 2.45) is 4.99 Å². The maximum atomic E-state index is 6.99. The quantitative estimate of drug-likeness (QED) is 0.421. The van der Waals surface area contributed by atoms with Gasteiger partial charge >= 0.3 is 0 Å². The summed E-state index contributed by atoms with van der Waals surface area (Å²) < 4.78 is 15.5. The molecule has 0 amide bonds. The summed E-state index contributed by atoms with van der Waals surface area (Å²) in [6.07, 6.45) is 5.11. The summed E-state index contributed by atoms with van der Waals surface area (Å²) >= 11 is 0. The number of nitrogens with zero attached hydrogens (tertiary/aromatic N) is 5. The molecule has 3 heterocycles. The molecule has 1 aliphatic heterocycles. The molecule has 33 heavy (non-hydrogen) atoms. The van der Waals surface area contributed by atoms with Crippen LogP contribution in [0.4, 0.5) is 5.82 Å². The van der Waals surface area contributed by atoms with Gasteiger partial charge in [0.15, 0.2) is 26.0 Å². The smallest absolute Gasteiger partial charge is 0.192 e. The van der Waals surface area contributed by atoms with E-state index in [4.69, 9.17) is 19.9 Å². The third-order valence-electron chi connectivity index (χ3n) is 6.81. The standard InChI is InChI=1S/C24H34N6O2Si/c1-7-17-18(26-13-16-11-9-8-10-12-16)20(32-33(5,6)24(2,3)4)23(31-17)30-15-29-19-21(25)27-14-28-22(19)30/h8-15,17-18,20,23H,7H2,1-6H3,(H2,25,27,28)/t17-,18-,20-,23-/m1/s1. The van der Waals surface area contributed by atoms with Gasteiger partial charge in [-0.2, -0.15) is 0 Å². The Hall–Kier alpha value is -2.62. The Morgan fingerprint density at radius 1 is 1.18 bits per heavy atom. The second kappa shape index (κ2) is 8.96. The van der Waals surface area contributed by atoms with E-state index in [1.807, 2.05) is 41.1 Å². The monoisotopic (exact) mass is 466 g/mol. The van der Waals surface area contributed by atoms with Gasteiger partial charge in [0.05, 0.1) is 12.4 Å². The first-order valence-corrected chi connectivity index (χ1v) is 14.4. The molecule has 0 unspecified atom stereocenters. The van der Waals surface area contributed by atoms with E-state index in [1.54, 1.807) is 6.33 Å². The minimum Gasteiger partial charge on any atom is -0.407 e. The van der Waals surface area contributed by atoms with Crippen LogP contribution in [0.5, 0.6) is 0 Å². The van der Waals surface area contributed by atoms with Crippen molar-refractivity contribution in [1.82, 2.24) is 19.5 Å². The van der Waals surface area contributed by atoms with Crippen molar-refractivity contribution in [3.63, 3.8) is 0 Å². The van der Waals surface area contributed by atoms with Crippen molar-refractivity contribution in [3.8, 4) is 0 Å². The molecule has 1 fully saturated rings. The van der Waals surface area contributed by atoms with E-state index in [9.17, 15) is 0 Å². The number of nitrogens with two attached hydrogens (primary N) is 1. The number of fused-ring (bicyclic) bond motifs is 1. The molecule has 0 spiro atoms. The number of aliphatic imine (C=N–C) groups is 1. The molecule has 0 saturated carbocycles. The molecule has 1 aliphatic rings. The molecule has 2 N–H and O–H groups in total. The Bertz CT molecular complexity index is 1120. The molecule has 0 bridgehead atoms. The first-order valence-electron chi connectivity index (χ1n) is 11.5. The Morgan fingerprint density at radius 2 is 1.91 bits per heavy atom.